The van der Waals surface area contributed by atoms with Crippen molar-refractivity contribution in [2.75, 3.05) is 11.5 Å². The van der Waals surface area contributed by atoms with Gasteiger partial charge in [0, 0.05) is 10.9 Å². The molecule has 8 nitrogen and oxygen atoms in total. The zero-order chi connectivity index (χ0) is 23.7. The zero-order valence-corrected chi connectivity index (χ0v) is 17.7. The minimum Gasteiger partial charge on any atom is -0.382 e. The molecule has 0 spiro atoms. The molecule has 0 fully saturated rings. The van der Waals surface area contributed by atoms with Crippen LogP contribution < -0.4 is 11.5 Å². The summed E-state index contributed by atoms with van der Waals surface area (Å²) in [5.74, 6) is -0.842. The van der Waals surface area contributed by atoms with Crippen LogP contribution in [0.15, 0.2) is 83.0 Å². The van der Waals surface area contributed by atoms with Crippen molar-refractivity contribution >= 4 is 33.9 Å². The van der Waals surface area contributed by atoms with Gasteiger partial charge >= 0.3 is 0 Å². The Morgan fingerprint density at radius 1 is 0.765 bits per heavy atom. The van der Waals surface area contributed by atoms with Gasteiger partial charge in [0.1, 0.15) is 22.8 Å². The molecule has 34 heavy (non-hydrogen) atoms. The third-order valence-electron chi connectivity index (χ3n) is 5.17. The molecular formula is C24H18F2N8. The summed E-state index contributed by atoms with van der Waals surface area (Å²) in [6.45, 7) is 0.0123. The first-order valence-electron chi connectivity index (χ1n) is 10.3. The number of benzene rings is 3. The number of nitrogens with zero attached hydrogens (tertiary/aromatic N) is 6. The minimum absolute atomic E-state index is 0.00427. The molecule has 0 atom stereocenters. The molecule has 0 saturated carbocycles. The Kier molecular flexibility index (Phi) is 5.38. The van der Waals surface area contributed by atoms with E-state index in [9.17, 15) is 8.78 Å². The topological polar surface area (TPSA) is 120 Å². The van der Waals surface area contributed by atoms with E-state index >= 15 is 0 Å². The van der Waals surface area contributed by atoms with Crippen LogP contribution in [0.5, 0.6) is 0 Å². The van der Waals surface area contributed by atoms with Crippen LogP contribution in [0.3, 0.4) is 0 Å². The Morgan fingerprint density at radius 3 is 2.18 bits per heavy atom. The van der Waals surface area contributed by atoms with Crippen LogP contribution in [0.2, 0.25) is 0 Å². The summed E-state index contributed by atoms with van der Waals surface area (Å²) in [6, 6.07) is 19.8. The molecule has 4 N–H and O–H groups in total. The SMILES string of the molecule is Nc1nc(-c2nn(Cc3ccccc3F)c3c(F)cccc23)nc(N)c1N=Nc1ccccc1. The van der Waals surface area contributed by atoms with Gasteiger partial charge in [-0.1, -0.05) is 48.5 Å². The predicted molar refractivity (Wildman–Crippen MR) is 126 cm³/mol. The second-order valence-corrected chi connectivity index (χ2v) is 7.44. The highest BCUT2D eigenvalue weighted by atomic mass is 19.1. The van der Waals surface area contributed by atoms with E-state index in [0.717, 1.165) is 0 Å². The smallest absolute Gasteiger partial charge is 0.184 e. The fraction of sp³-hybridized carbons (Fsp3) is 0.0417. The van der Waals surface area contributed by atoms with E-state index in [1.807, 2.05) is 18.2 Å². The highest BCUT2D eigenvalue weighted by molar-refractivity contribution is 5.93. The molecule has 0 bridgehead atoms. The normalized spacial score (nSPS) is 11.5. The van der Waals surface area contributed by atoms with Crippen LogP contribution in [0.1, 0.15) is 5.56 Å². The largest absolute Gasteiger partial charge is 0.382 e. The van der Waals surface area contributed by atoms with Crippen molar-refractivity contribution in [1.29, 1.82) is 0 Å². The predicted octanol–water partition coefficient (Wildman–Crippen LogP) is 5.40. The lowest BCUT2D eigenvalue weighted by molar-refractivity contribution is 0.581. The minimum atomic E-state index is -0.512. The van der Waals surface area contributed by atoms with Gasteiger partial charge in [-0.3, -0.25) is 4.68 Å². The first-order valence-corrected chi connectivity index (χ1v) is 10.3. The molecule has 0 amide bonds. The maximum atomic E-state index is 14.8. The summed E-state index contributed by atoms with van der Waals surface area (Å²) in [6.07, 6.45) is 0. The van der Waals surface area contributed by atoms with Crippen molar-refractivity contribution in [3.8, 4) is 11.5 Å². The van der Waals surface area contributed by atoms with Crippen LogP contribution in [0, 0.1) is 11.6 Å². The second kappa shape index (κ2) is 8.66. The second-order valence-electron chi connectivity index (χ2n) is 7.44. The van der Waals surface area contributed by atoms with Gasteiger partial charge in [0.2, 0.25) is 0 Å². The third-order valence-corrected chi connectivity index (χ3v) is 5.17. The van der Waals surface area contributed by atoms with Crippen molar-refractivity contribution in [2.24, 2.45) is 10.2 Å². The molecule has 0 aliphatic heterocycles. The van der Waals surface area contributed by atoms with Crippen LogP contribution in [0.4, 0.5) is 31.8 Å². The molecule has 2 aromatic heterocycles. The van der Waals surface area contributed by atoms with Gasteiger partial charge in [0.15, 0.2) is 23.1 Å². The molecule has 168 valence electrons. The van der Waals surface area contributed by atoms with Gasteiger partial charge in [-0.2, -0.15) is 10.2 Å². The number of anilines is 2. The van der Waals surface area contributed by atoms with Crippen molar-refractivity contribution in [3.63, 3.8) is 0 Å². The van der Waals surface area contributed by atoms with E-state index in [0.29, 0.717) is 16.6 Å². The molecule has 3 aromatic carbocycles. The summed E-state index contributed by atoms with van der Waals surface area (Å²) in [5.41, 5.74) is 13.7. The lowest BCUT2D eigenvalue weighted by atomic mass is 10.2. The van der Waals surface area contributed by atoms with Gasteiger partial charge < -0.3 is 11.5 Å². The monoisotopic (exact) mass is 456 g/mol. The number of hydrogen-bond donors (Lipinski definition) is 2. The quantitative estimate of drug-likeness (QED) is 0.343. The van der Waals surface area contributed by atoms with Crippen LogP contribution in [-0.4, -0.2) is 19.7 Å². The summed E-state index contributed by atoms with van der Waals surface area (Å²) in [4.78, 5) is 8.59. The number of para-hydroxylation sites is 1. The van der Waals surface area contributed by atoms with E-state index < -0.39 is 11.6 Å². The number of rotatable bonds is 5. The van der Waals surface area contributed by atoms with Crippen molar-refractivity contribution in [2.45, 2.75) is 6.54 Å². The number of hydrogen-bond acceptors (Lipinski definition) is 7. The summed E-state index contributed by atoms with van der Waals surface area (Å²) >= 11 is 0. The van der Waals surface area contributed by atoms with Crippen LogP contribution >= 0.6 is 0 Å². The lowest BCUT2D eigenvalue weighted by Crippen LogP contribution is -2.05. The summed E-state index contributed by atoms with van der Waals surface area (Å²) in [7, 11) is 0. The van der Waals surface area contributed by atoms with Crippen molar-refractivity contribution < 1.29 is 8.78 Å². The summed E-state index contributed by atoms with van der Waals surface area (Å²) in [5, 5.41) is 13.1. The first kappa shape index (κ1) is 21.1. The fourth-order valence-electron chi connectivity index (χ4n) is 3.56. The summed E-state index contributed by atoms with van der Waals surface area (Å²) < 4.78 is 30.4. The number of azo groups is 1. The molecule has 0 unspecified atom stereocenters. The number of nitrogens with two attached hydrogens (primary N) is 2. The maximum Gasteiger partial charge on any atom is 0.184 e. The molecule has 5 aromatic rings. The lowest BCUT2D eigenvalue weighted by Gasteiger charge is -2.06. The van der Waals surface area contributed by atoms with Crippen molar-refractivity contribution in [3.05, 3.63) is 90.0 Å². The van der Waals surface area contributed by atoms with E-state index in [2.05, 4.69) is 25.3 Å². The average molecular weight is 456 g/mol. The molecule has 2 heterocycles. The number of halogens is 2. The highest BCUT2D eigenvalue weighted by Crippen LogP contribution is 2.34. The molecular weight excluding hydrogens is 438 g/mol. The molecule has 0 aliphatic carbocycles. The Morgan fingerprint density at radius 2 is 1.44 bits per heavy atom. The molecule has 0 radical (unpaired) electrons. The Balaban J connectivity index is 1.59. The van der Waals surface area contributed by atoms with Gasteiger partial charge in [0.05, 0.1) is 12.2 Å². The van der Waals surface area contributed by atoms with E-state index in [4.69, 9.17) is 11.5 Å². The average Bonchev–Trinajstić information content (AvgIpc) is 3.20. The van der Waals surface area contributed by atoms with Gasteiger partial charge in [0.25, 0.3) is 0 Å². The van der Waals surface area contributed by atoms with Crippen LogP contribution in [-0.2, 0) is 6.54 Å². The van der Waals surface area contributed by atoms with E-state index in [1.54, 1.807) is 42.5 Å². The van der Waals surface area contributed by atoms with Gasteiger partial charge in [-0.15, -0.1) is 5.11 Å². The Labute approximate surface area is 192 Å². The molecule has 5 rings (SSSR count). The standard InChI is InChI=1S/C24H18F2N8/c25-17-11-5-4-7-14(17)13-34-21-16(10-6-12-18(21)26)19(33-34)24-29-22(27)20(23(28)30-24)32-31-15-8-2-1-3-9-15/h1-12H,13H2,(H4,27,28,29,30). The Hall–Kier alpha value is -4.73. The Bertz CT molecular complexity index is 1510. The highest BCUT2D eigenvalue weighted by Gasteiger charge is 2.20. The molecule has 0 aliphatic rings. The number of fused-ring (bicyclic) bond motifs is 1. The number of aromatic nitrogens is 4. The zero-order valence-electron chi connectivity index (χ0n) is 17.7. The third kappa shape index (κ3) is 3.92. The molecule has 10 heteroatoms. The van der Waals surface area contributed by atoms with E-state index in [-0.39, 0.29) is 40.9 Å². The van der Waals surface area contributed by atoms with Crippen molar-refractivity contribution in [1.82, 2.24) is 19.7 Å². The fourth-order valence-corrected chi connectivity index (χ4v) is 3.56. The van der Waals surface area contributed by atoms with Gasteiger partial charge in [-0.05, 0) is 24.3 Å². The maximum absolute atomic E-state index is 14.8. The van der Waals surface area contributed by atoms with E-state index in [1.165, 1.54) is 16.8 Å². The molecule has 0 saturated heterocycles. The van der Waals surface area contributed by atoms with Gasteiger partial charge in [-0.25, -0.2) is 18.7 Å². The first-order chi connectivity index (χ1) is 16.5. The van der Waals surface area contributed by atoms with Crippen LogP contribution in [0.25, 0.3) is 22.4 Å². The number of nitrogen functional groups attached to an aromatic ring is 2.